The molecule has 2 N–H and O–H groups in total. The van der Waals surface area contributed by atoms with Crippen molar-refractivity contribution in [1.29, 1.82) is 0 Å². The number of nitrogens with two attached hydrogens (primary N) is 1. The smallest absolute Gasteiger partial charge is 0.0576 e. The summed E-state index contributed by atoms with van der Waals surface area (Å²) in [5.41, 5.74) is 8.31. The fraction of sp³-hybridized carbons (Fsp3) is 0.500. The van der Waals surface area contributed by atoms with Gasteiger partial charge in [0, 0.05) is 12.2 Å². The van der Waals surface area contributed by atoms with Gasteiger partial charge in [0.05, 0.1) is 5.69 Å². The highest BCUT2D eigenvalue weighted by Crippen LogP contribution is 2.38. The van der Waals surface area contributed by atoms with Crippen molar-refractivity contribution in [3.8, 4) is 0 Å². The van der Waals surface area contributed by atoms with E-state index >= 15 is 0 Å². The lowest BCUT2D eigenvalue weighted by molar-refractivity contribution is 0.614. The van der Waals surface area contributed by atoms with Gasteiger partial charge in [-0.3, -0.25) is 4.98 Å². The molecule has 2 nitrogen and oxygen atoms in total. The van der Waals surface area contributed by atoms with E-state index in [4.69, 9.17) is 5.73 Å². The molecule has 72 valence electrons. The van der Waals surface area contributed by atoms with Crippen molar-refractivity contribution in [3.63, 3.8) is 0 Å². The highest BCUT2D eigenvalue weighted by molar-refractivity contribution is 5.85. The Balaban J connectivity index is 0.000000845. The van der Waals surface area contributed by atoms with Crippen molar-refractivity contribution in [2.75, 3.05) is 0 Å². The Kier molecular flexibility index (Phi) is 3.28. The molecule has 1 fully saturated rings. The lowest BCUT2D eigenvalue weighted by Gasteiger charge is -2.09. The zero-order valence-corrected chi connectivity index (χ0v) is 8.55. The molecule has 1 heterocycles. The van der Waals surface area contributed by atoms with Crippen molar-refractivity contribution in [2.45, 2.75) is 25.8 Å². The van der Waals surface area contributed by atoms with Crippen molar-refractivity contribution >= 4 is 12.4 Å². The van der Waals surface area contributed by atoms with E-state index in [9.17, 15) is 0 Å². The van der Waals surface area contributed by atoms with Gasteiger partial charge in [-0.05, 0) is 43.4 Å². The Labute approximate surface area is 85.0 Å². The summed E-state index contributed by atoms with van der Waals surface area (Å²) in [5.74, 6) is 0.694. The Morgan fingerprint density at radius 3 is 2.77 bits per heavy atom. The third-order valence-corrected chi connectivity index (χ3v) is 2.41. The Bertz CT molecular complexity index is 284. The van der Waals surface area contributed by atoms with Crippen LogP contribution in [-0.4, -0.2) is 4.98 Å². The van der Waals surface area contributed by atoms with Crippen LogP contribution < -0.4 is 5.73 Å². The van der Waals surface area contributed by atoms with E-state index in [-0.39, 0.29) is 18.4 Å². The van der Waals surface area contributed by atoms with Gasteiger partial charge in [0.1, 0.15) is 0 Å². The zero-order valence-electron chi connectivity index (χ0n) is 7.73. The molecule has 0 spiro atoms. The predicted octanol–water partition coefficient (Wildman–Crippen LogP) is 2.22. The average Bonchev–Trinajstić information content (AvgIpc) is 2.85. The molecule has 1 atom stereocenters. The van der Waals surface area contributed by atoms with Crippen LogP contribution in [0.1, 0.15) is 30.1 Å². The number of hydrogen-bond acceptors (Lipinski definition) is 2. The number of aromatic nitrogens is 1. The minimum absolute atomic E-state index is 0. The van der Waals surface area contributed by atoms with Crippen LogP contribution in [0.5, 0.6) is 0 Å². The summed E-state index contributed by atoms with van der Waals surface area (Å²) in [6.07, 6.45) is 4.39. The molecule has 0 saturated heterocycles. The summed E-state index contributed by atoms with van der Waals surface area (Å²) in [5, 5.41) is 0. The molecule has 0 radical (unpaired) electrons. The molecule has 1 saturated carbocycles. The largest absolute Gasteiger partial charge is 0.322 e. The second-order valence-electron chi connectivity index (χ2n) is 3.62. The van der Waals surface area contributed by atoms with E-state index in [0.29, 0.717) is 5.92 Å². The van der Waals surface area contributed by atoms with E-state index in [2.05, 4.69) is 18.0 Å². The molecule has 1 aliphatic rings. The quantitative estimate of drug-likeness (QED) is 0.792. The topological polar surface area (TPSA) is 38.9 Å². The maximum Gasteiger partial charge on any atom is 0.0576 e. The monoisotopic (exact) mass is 198 g/mol. The highest BCUT2D eigenvalue weighted by atomic mass is 35.5. The fourth-order valence-electron chi connectivity index (χ4n) is 1.44. The van der Waals surface area contributed by atoms with Gasteiger partial charge in [0.25, 0.3) is 0 Å². The van der Waals surface area contributed by atoms with Gasteiger partial charge < -0.3 is 5.73 Å². The second-order valence-corrected chi connectivity index (χ2v) is 3.62. The van der Waals surface area contributed by atoms with E-state index in [1.54, 1.807) is 0 Å². The van der Waals surface area contributed by atoms with Crippen molar-refractivity contribution in [1.82, 2.24) is 4.98 Å². The number of pyridine rings is 1. The van der Waals surface area contributed by atoms with Crippen LogP contribution in [0.3, 0.4) is 0 Å². The standard InChI is InChI=1S/C10H14N2.ClH/c1-7-4-5-12-9(6-7)10(11)8-2-3-8;/h4-6,8,10H,2-3,11H2,1H3;1H/t10-;/m1./s1. The molecule has 3 heteroatoms. The summed E-state index contributed by atoms with van der Waals surface area (Å²) >= 11 is 0. The number of rotatable bonds is 2. The lowest BCUT2D eigenvalue weighted by atomic mass is 10.1. The molecular formula is C10H15ClN2. The molecular weight excluding hydrogens is 184 g/mol. The van der Waals surface area contributed by atoms with E-state index in [1.807, 2.05) is 12.3 Å². The van der Waals surface area contributed by atoms with Gasteiger partial charge in [-0.25, -0.2) is 0 Å². The SMILES string of the molecule is Cc1ccnc([C@H](N)C2CC2)c1.Cl. The summed E-state index contributed by atoms with van der Waals surface area (Å²) in [7, 11) is 0. The van der Waals surface area contributed by atoms with Gasteiger partial charge in [-0.1, -0.05) is 0 Å². The van der Waals surface area contributed by atoms with Crippen LogP contribution in [0.15, 0.2) is 18.3 Å². The highest BCUT2D eigenvalue weighted by Gasteiger charge is 2.30. The molecule has 1 aromatic rings. The normalized spacial score (nSPS) is 17.7. The first kappa shape index (κ1) is 10.5. The molecule has 13 heavy (non-hydrogen) atoms. The van der Waals surface area contributed by atoms with Crippen LogP contribution in [0, 0.1) is 12.8 Å². The van der Waals surface area contributed by atoms with Gasteiger partial charge >= 0.3 is 0 Å². The Morgan fingerprint density at radius 2 is 2.23 bits per heavy atom. The van der Waals surface area contributed by atoms with Crippen molar-refractivity contribution in [3.05, 3.63) is 29.6 Å². The average molecular weight is 199 g/mol. The number of halogens is 1. The van der Waals surface area contributed by atoms with Crippen LogP contribution in [0.4, 0.5) is 0 Å². The molecule has 0 amide bonds. The summed E-state index contributed by atoms with van der Waals surface area (Å²) in [6, 6.07) is 4.26. The van der Waals surface area contributed by atoms with Gasteiger partial charge in [0.15, 0.2) is 0 Å². The van der Waals surface area contributed by atoms with Crippen LogP contribution >= 0.6 is 12.4 Å². The summed E-state index contributed by atoms with van der Waals surface area (Å²) < 4.78 is 0. The molecule has 2 rings (SSSR count). The van der Waals surface area contributed by atoms with Gasteiger partial charge in [0.2, 0.25) is 0 Å². The first-order valence-corrected chi connectivity index (χ1v) is 4.45. The maximum atomic E-state index is 6.01. The van der Waals surface area contributed by atoms with Crippen LogP contribution in [0.2, 0.25) is 0 Å². The minimum Gasteiger partial charge on any atom is -0.322 e. The van der Waals surface area contributed by atoms with Gasteiger partial charge in [-0.2, -0.15) is 0 Å². The minimum atomic E-state index is 0. The first-order valence-electron chi connectivity index (χ1n) is 4.45. The summed E-state index contributed by atoms with van der Waals surface area (Å²) in [4.78, 5) is 4.28. The Hall–Kier alpha value is -0.600. The van der Waals surface area contributed by atoms with Crippen molar-refractivity contribution < 1.29 is 0 Å². The van der Waals surface area contributed by atoms with Gasteiger partial charge in [-0.15, -0.1) is 12.4 Å². The molecule has 1 aromatic heterocycles. The van der Waals surface area contributed by atoms with E-state index in [0.717, 1.165) is 5.69 Å². The molecule has 0 bridgehead atoms. The Morgan fingerprint density at radius 1 is 1.54 bits per heavy atom. The van der Waals surface area contributed by atoms with E-state index in [1.165, 1.54) is 18.4 Å². The van der Waals surface area contributed by atoms with Crippen molar-refractivity contribution in [2.24, 2.45) is 11.7 Å². The second kappa shape index (κ2) is 4.07. The number of nitrogens with zero attached hydrogens (tertiary/aromatic N) is 1. The molecule has 0 aromatic carbocycles. The lowest BCUT2D eigenvalue weighted by Crippen LogP contribution is -2.13. The molecule has 0 aliphatic heterocycles. The predicted molar refractivity (Wildman–Crippen MR) is 55.9 cm³/mol. The summed E-state index contributed by atoms with van der Waals surface area (Å²) in [6.45, 7) is 2.07. The van der Waals surface area contributed by atoms with Crippen LogP contribution in [-0.2, 0) is 0 Å². The molecule has 1 aliphatic carbocycles. The van der Waals surface area contributed by atoms with Crippen LogP contribution in [0.25, 0.3) is 0 Å². The van der Waals surface area contributed by atoms with E-state index < -0.39 is 0 Å². The number of aryl methyl sites for hydroxylation is 1. The third kappa shape index (κ3) is 2.42. The zero-order chi connectivity index (χ0) is 8.55. The number of hydrogen-bond donors (Lipinski definition) is 1. The maximum absolute atomic E-state index is 6.01. The molecule has 0 unspecified atom stereocenters. The fourth-order valence-corrected chi connectivity index (χ4v) is 1.44. The third-order valence-electron chi connectivity index (χ3n) is 2.41. The first-order chi connectivity index (χ1) is 5.77.